The molecule has 0 spiro atoms. The quantitative estimate of drug-likeness (QED) is 0.295. The van der Waals surface area contributed by atoms with E-state index in [1.807, 2.05) is 52.8 Å². The van der Waals surface area contributed by atoms with Crippen molar-refractivity contribution in [3.05, 3.63) is 23.8 Å². The summed E-state index contributed by atoms with van der Waals surface area (Å²) in [6.45, 7) is 11.7. The molecule has 0 atom stereocenters. The highest BCUT2D eigenvalue weighted by Crippen LogP contribution is 2.28. The highest BCUT2D eigenvalue weighted by Gasteiger charge is 2.13. The van der Waals surface area contributed by atoms with Gasteiger partial charge in [-0.3, -0.25) is 4.79 Å². The summed E-state index contributed by atoms with van der Waals surface area (Å²) >= 11 is 0. The maximum atomic E-state index is 11.9. The van der Waals surface area contributed by atoms with Gasteiger partial charge in [-0.1, -0.05) is 6.07 Å². The van der Waals surface area contributed by atoms with Crippen molar-refractivity contribution in [3.8, 4) is 11.5 Å². The molecule has 0 unspecified atom stereocenters. The second-order valence-electron chi connectivity index (χ2n) is 6.77. The van der Waals surface area contributed by atoms with Crippen LogP contribution < -0.4 is 25.4 Å². The topological polar surface area (TPSA) is 84.0 Å². The third-order valence-corrected chi connectivity index (χ3v) is 3.22. The number of carbonyl (C=O) groups is 1. The van der Waals surface area contributed by atoms with Crippen LogP contribution >= 0.6 is 24.0 Å². The third-order valence-electron chi connectivity index (χ3n) is 3.22. The summed E-state index contributed by atoms with van der Waals surface area (Å²) < 4.78 is 10.9. The predicted molar refractivity (Wildman–Crippen MR) is 120 cm³/mol. The molecule has 1 aromatic carbocycles. The van der Waals surface area contributed by atoms with Crippen LogP contribution in [0.2, 0.25) is 0 Å². The van der Waals surface area contributed by atoms with Crippen molar-refractivity contribution in [2.75, 3.05) is 26.8 Å². The van der Waals surface area contributed by atoms with Crippen LogP contribution in [-0.4, -0.2) is 44.2 Å². The summed E-state index contributed by atoms with van der Waals surface area (Å²) in [5.41, 5.74) is 0.731. The van der Waals surface area contributed by atoms with Crippen molar-refractivity contribution < 1.29 is 14.3 Å². The number of ether oxygens (including phenoxy) is 2. The number of guanidine groups is 1. The average Bonchev–Trinajstić information content (AvgIpc) is 2.57. The fourth-order valence-corrected chi connectivity index (χ4v) is 2.22. The summed E-state index contributed by atoms with van der Waals surface area (Å²) in [6.07, 6.45) is 0. The van der Waals surface area contributed by atoms with E-state index in [-0.39, 0.29) is 42.0 Å². The van der Waals surface area contributed by atoms with Crippen molar-refractivity contribution in [2.45, 2.75) is 46.7 Å². The zero-order chi connectivity index (χ0) is 19.6. The van der Waals surface area contributed by atoms with Gasteiger partial charge in [-0.25, -0.2) is 4.99 Å². The molecule has 3 N–H and O–H groups in total. The first-order chi connectivity index (χ1) is 12.3. The Morgan fingerprint density at radius 1 is 1.15 bits per heavy atom. The van der Waals surface area contributed by atoms with Crippen LogP contribution in [0.1, 0.15) is 40.2 Å². The van der Waals surface area contributed by atoms with Crippen molar-refractivity contribution in [3.63, 3.8) is 0 Å². The maximum absolute atomic E-state index is 11.9. The first kappa shape index (κ1) is 25.3. The Balaban J connectivity index is 0.00000676. The smallest absolute Gasteiger partial charge is 0.239 e. The molecule has 0 saturated carbocycles. The molecule has 1 rings (SSSR count). The number of nitrogens with zero attached hydrogens (tertiary/aromatic N) is 1. The molecule has 0 bridgehead atoms. The molecule has 0 saturated heterocycles. The largest absolute Gasteiger partial charge is 0.493 e. The van der Waals surface area contributed by atoms with Gasteiger partial charge in [0.1, 0.15) is 0 Å². The van der Waals surface area contributed by atoms with E-state index in [0.717, 1.165) is 5.56 Å². The molecule has 154 valence electrons. The Labute approximate surface area is 179 Å². The minimum absolute atomic E-state index is 0. The molecule has 27 heavy (non-hydrogen) atoms. The SMILES string of the molecule is CCNC(=NCc1ccc(OCC)c(OC)c1)NCC(=O)NC(C)(C)C.I. The zero-order valence-corrected chi connectivity index (χ0v) is 19.5. The van der Waals surface area contributed by atoms with Gasteiger partial charge < -0.3 is 25.4 Å². The van der Waals surface area contributed by atoms with Gasteiger partial charge in [-0.2, -0.15) is 0 Å². The van der Waals surface area contributed by atoms with Crippen LogP contribution in [0.5, 0.6) is 11.5 Å². The summed E-state index contributed by atoms with van der Waals surface area (Å²) in [5.74, 6) is 1.91. The normalized spacial score (nSPS) is 11.3. The lowest BCUT2D eigenvalue weighted by Gasteiger charge is -2.21. The van der Waals surface area contributed by atoms with Gasteiger partial charge in [0.2, 0.25) is 5.91 Å². The van der Waals surface area contributed by atoms with Crippen LogP contribution in [0.15, 0.2) is 23.2 Å². The number of benzene rings is 1. The fourth-order valence-electron chi connectivity index (χ4n) is 2.22. The molecule has 1 amide bonds. The van der Waals surface area contributed by atoms with E-state index in [1.165, 1.54) is 0 Å². The zero-order valence-electron chi connectivity index (χ0n) is 17.1. The summed E-state index contributed by atoms with van der Waals surface area (Å²) in [7, 11) is 1.62. The number of amides is 1. The molecule has 1 aromatic rings. The number of nitrogens with one attached hydrogen (secondary N) is 3. The molecule has 0 fully saturated rings. The van der Waals surface area contributed by atoms with E-state index >= 15 is 0 Å². The Morgan fingerprint density at radius 2 is 1.85 bits per heavy atom. The maximum Gasteiger partial charge on any atom is 0.239 e. The van der Waals surface area contributed by atoms with E-state index in [0.29, 0.717) is 37.2 Å². The van der Waals surface area contributed by atoms with Gasteiger partial charge in [0.05, 0.1) is 26.8 Å². The van der Waals surface area contributed by atoms with Crippen LogP contribution in [0.3, 0.4) is 0 Å². The van der Waals surface area contributed by atoms with Gasteiger partial charge in [0.15, 0.2) is 17.5 Å². The number of hydrogen-bond donors (Lipinski definition) is 3. The van der Waals surface area contributed by atoms with Gasteiger partial charge >= 0.3 is 0 Å². The Bertz CT molecular complexity index is 615. The van der Waals surface area contributed by atoms with Crippen LogP contribution in [0.25, 0.3) is 0 Å². The van der Waals surface area contributed by atoms with E-state index in [4.69, 9.17) is 9.47 Å². The van der Waals surface area contributed by atoms with Gasteiger partial charge in [0, 0.05) is 12.1 Å². The molecule has 0 heterocycles. The minimum atomic E-state index is -0.257. The summed E-state index contributed by atoms with van der Waals surface area (Å²) in [5, 5.41) is 9.09. The number of rotatable bonds is 8. The van der Waals surface area contributed by atoms with E-state index in [9.17, 15) is 4.79 Å². The summed E-state index contributed by atoms with van der Waals surface area (Å²) in [4.78, 5) is 16.5. The van der Waals surface area contributed by atoms with Gasteiger partial charge in [-0.15, -0.1) is 24.0 Å². The Kier molecular flexibility index (Phi) is 11.8. The Hall–Kier alpha value is -1.71. The molecule has 7 nitrogen and oxygen atoms in total. The fraction of sp³-hybridized carbons (Fsp3) is 0.579. The number of halogens is 1. The second-order valence-corrected chi connectivity index (χ2v) is 6.77. The van der Waals surface area contributed by atoms with Crippen LogP contribution in [0, 0.1) is 0 Å². The lowest BCUT2D eigenvalue weighted by molar-refractivity contribution is -0.121. The summed E-state index contributed by atoms with van der Waals surface area (Å²) in [6, 6.07) is 5.74. The van der Waals surface area contributed by atoms with Gasteiger partial charge in [0.25, 0.3) is 0 Å². The Morgan fingerprint density at radius 3 is 2.41 bits per heavy atom. The van der Waals surface area contributed by atoms with Crippen LogP contribution in [0.4, 0.5) is 0 Å². The third kappa shape index (κ3) is 10.3. The van der Waals surface area contributed by atoms with E-state index in [1.54, 1.807) is 7.11 Å². The van der Waals surface area contributed by atoms with Crippen molar-refractivity contribution in [1.82, 2.24) is 16.0 Å². The first-order valence-electron chi connectivity index (χ1n) is 8.92. The molecule has 0 aromatic heterocycles. The number of hydrogen-bond acceptors (Lipinski definition) is 4. The second kappa shape index (κ2) is 12.6. The highest BCUT2D eigenvalue weighted by atomic mass is 127. The lowest BCUT2D eigenvalue weighted by Crippen LogP contribution is -2.48. The molecular weight excluding hydrogens is 459 g/mol. The van der Waals surface area contributed by atoms with Crippen molar-refractivity contribution >= 4 is 35.8 Å². The average molecular weight is 492 g/mol. The molecule has 8 heteroatoms. The monoisotopic (exact) mass is 492 g/mol. The highest BCUT2D eigenvalue weighted by molar-refractivity contribution is 14.0. The van der Waals surface area contributed by atoms with E-state index < -0.39 is 0 Å². The number of aliphatic imine (C=N–C) groups is 1. The van der Waals surface area contributed by atoms with Crippen molar-refractivity contribution in [2.24, 2.45) is 4.99 Å². The number of methoxy groups -OCH3 is 1. The molecule has 0 aliphatic rings. The first-order valence-corrected chi connectivity index (χ1v) is 8.92. The molecule has 0 aliphatic heterocycles. The van der Waals surface area contributed by atoms with Crippen molar-refractivity contribution in [1.29, 1.82) is 0 Å². The standard InChI is InChI=1S/C19H32N4O3.HI/c1-7-20-18(22-13-17(24)23-19(3,4)5)21-12-14-9-10-15(26-8-2)16(11-14)25-6;/h9-11H,7-8,12-13H2,1-6H3,(H,23,24)(H2,20,21,22);1H. The van der Waals surface area contributed by atoms with Crippen LogP contribution in [-0.2, 0) is 11.3 Å². The molecule has 0 radical (unpaired) electrons. The predicted octanol–water partition coefficient (Wildman–Crippen LogP) is 2.68. The molecular formula is C19H33IN4O3. The number of carbonyl (C=O) groups excluding carboxylic acids is 1. The van der Waals surface area contributed by atoms with Gasteiger partial charge in [-0.05, 0) is 52.3 Å². The molecule has 0 aliphatic carbocycles. The lowest BCUT2D eigenvalue weighted by atomic mass is 10.1. The van der Waals surface area contributed by atoms with E-state index in [2.05, 4.69) is 20.9 Å². The minimum Gasteiger partial charge on any atom is -0.493 e.